The third-order valence-electron chi connectivity index (χ3n) is 3.66. The molecule has 1 aromatic carbocycles. The van der Waals surface area contributed by atoms with E-state index in [1.165, 1.54) is 0 Å². The Morgan fingerprint density at radius 2 is 1.90 bits per heavy atom. The smallest absolute Gasteiger partial charge is 0.223 e. The first-order valence-corrected chi connectivity index (χ1v) is 7.75. The van der Waals surface area contributed by atoms with Crippen LogP contribution in [0.1, 0.15) is 38.3 Å². The van der Waals surface area contributed by atoms with Crippen molar-refractivity contribution in [1.29, 1.82) is 0 Å². The van der Waals surface area contributed by atoms with E-state index < -0.39 is 5.41 Å². The average molecular weight is 357 g/mol. The minimum Gasteiger partial charge on any atom is -0.490 e. The van der Waals surface area contributed by atoms with E-state index in [-0.39, 0.29) is 11.9 Å². The molecule has 0 aliphatic carbocycles. The zero-order valence-corrected chi connectivity index (χ0v) is 13.9. The van der Waals surface area contributed by atoms with Crippen molar-refractivity contribution in [2.75, 3.05) is 13.2 Å². The second-order valence-corrected chi connectivity index (χ2v) is 6.78. The molecule has 5 nitrogen and oxygen atoms in total. The molecule has 0 radical (unpaired) electrons. The molecular formula is C15H21BrN2O3. The Labute approximate surface area is 133 Å². The van der Waals surface area contributed by atoms with Crippen LogP contribution in [0.5, 0.6) is 11.5 Å². The highest BCUT2D eigenvalue weighted by Gasteiger charge is 2.29. The zero-order valence-electron chi connectivity index (χ0n) is 12.3. The highest BCUT2D eigenvalue weighted by atomic mass is 79.9. The van der Waals surface area contributed by atoms with E-state index in [1.807, 2.05) is 12.1 Å². The van der Waals surface area contributed by atoms with Gasteiger partial charge in [-0.2, -0.15) is 0 Å². The highest BCUT2D eigenvalue weighted by Crippen LogP contribution is 2.39. The maximum absolute atomic E-state index is 11.5. The van der Waals surface area contributed by atoms with Crippen LogP contribution in [0.3, 0.4) is 0 Å². The standard InChI is InChI=1S/C15H21BrN2O3/c1-15(2,14(18)19)8-11(17)9-6-12-13(7-10(9)16)21-5-3-4-20-12/h6-7,11H,3-5,8,17H2,1-2H3,(H2,18,19). The van der Waals surface area contributed by atoms with Crippen molar-refractivity contribution in [1.82, 2.24) is 0 Å². The van der Waals surface area contributed by atoms with Gasteiger partial charge in [-0.05, 0) is 24.1 Å². The number of fused-ring (bicyclic) bond motifs is 1. The molecule has 1 heterocycles. The summed E-state index contributed by atoms with van der Waals surface area (Å²) in [6, 6.07) is 3.43. The van der Waals surface area contributed by atoms with Crippen molar-refractivity contribution in [3.8, 4) is 11.5 Å². The molecule has 1 unspecified atom stereocenters. The van der Waals surface area contributed by atoms with E-state index in [0.29, 0.717) is 31.1 Å². The molecule has 0 bridgehead atoms. The van der Waals surface area contributed by atoms with Crippen LogP contribution in [0.15, 0.2) is 16.6 Å². The Kier molecular flexibility index (Phi) is 4.78. The van der Waals surface area contributed by atoms with E-state index in [4.69, 9.17) is 20.9 Å². The van der Waals surface area contributed by atoms with Gasteiger partial charge in [-0.1, -0.05) is 29.8 Å². The summed E-state index contributed by atoms with van der Waals surface area (Å²) in [6.45, 7) is 4.86. The van der Waals surface area contributed by atoms with Gasteiger partial charge in [-0.15, -0.1) is 0 Å². The number of benzene rings is 1. The van der Waals surface area contributed by atoms with Gasteiger partial charge in [0.1, 0.15) is 0 Å². The second-order valence-electron chi connectivity index (χ2n) is 5.93. The lowest BCUT2D eigenvalue weighted by molar-refractivity contribution is -0.126. The Morgan fingerprint density at radius 3 is 2.48 bits per heavy atom. The largest absolute Gasteiger partial charge is 0.490 e. The molecule has 4 N–H and O–H groups in total. The predicted molar refractivity (Wildman–Crippen MR) is 84.3 cm³/mol. The van der Waals surface area contributed by atoms with E-state index in [0.717, 1.165) is 16.5 Å². The normalized spacial score (nSPS) is 16.2. The van der Waals surface area contributed by atoms with Gasteiger partial charge in [-0.3, -0.25) is 4.79 Å². The Balaban J connectivity index is 2.27. The van der Waals surface area contributed by atoms with Crippen LogP contribution in [0.4, 0.5) is 0 Å². The molecule has 1 aromatic rings. The highest BCUT2D eigenvalue weighted by molar-refractivity contribution is 9.10. The molecule has 1 aliphatic rings. The predicted octanol–water partition coefficient (Wildman–Crippen LogP) is 2.51. The van der Waals surface area contributed by atoms with E-state index in [1.54, 1.807) is 13.8 Å². The number of nitrogens with two attached hydrogens (primary N) is 2. The minimum atomic E-state index is -0.664. The van der Waals surface area contributed by atoms with Crippen LogP contribution in [-0.4, -0.2) is 19.1 Å². The van der Waals surface area contributed by atoms with E-state index in [9.17, 15) is 4.79 Å². The molecule has 0 aromatic heterocycles. The number of halogens is 1. The van der Waals surface area contributed by atoms with Gasteiger partial charge in [0, 0.05) is 22.4 Å². The van der Waals surface area contributed by atoms with Crippen LogP contribution in [0.2, 0.25) is 0 Å². The summed E-state index contributed by atoms with van der Waals surface area (Å²) in [5, 5.41) is 0. The van der Waals surface area contributed by atoms with Crippen LogP contribution < -0.4 is 20.9 Å². The maximum atomic E-state index is 11.5. The minimum absolute atomic E-state index is 0.320. The Morgan fingerprint density at radius 1 is 1.33 bits per heavy atom. The Bertz CT molecular complexity index is 546. The lowest BCUT2D eigenvalue weighted by Gasteiger charge is -2.25. The average Bonchev–Trinajstić information content (AvgIpc) is 2.61. The summed E-state index contributed by atoms with van der Waals surface area (Å²) in [7, 11) is 0. The number of ether oxygens (including phenoxy) is 2. The van der Waals surface area contributed by atoms with Crippen LogP contribution >= 0.6 is 15.9 Å². The summed E-state index contributed by atoms with van der Waals surface area (Å²) in [5.74, 6) is 1.05. The lowest BCUT2D eigenvalue weighted by atomic mass is 9.83. The van der Waals surface area contributed by atoms with Crippen LogP contribution in [0.25, 0.3) is 0 Å². The van der Waals surface area contributed by atoms with Gasteiger partial charge in [-0.25, -0.2) is 0 Å². The van der Waals surface area contributed by atoms with Crippen molar-refractivity contribution in [3.63, 3.8) is 0 Å². The third kappa shape index (κ3) is 3.68. The SMILES string of the molecule is CC(C)(CC(N)c1cc2c(cc1Br)OCCCO2)C(N)=O. The first kappa shape index (κ1) is 16.1. The molecule has 21 heavy (non-hydrogen) atoms. The summed E-state index contributed by atoms with van der Waals surface area (Å²) in [4.78, 5) is 11.5. The fourth-order valence-corrected chi connectivity index (χ4v) is 2.86. The monoisotopic (exact) mass is 356 g/mol. The quantitative estimate of drug-likeness (QED) is 0.867. The fraction of sp³-hybridized carbons (Fsp3) is 0.533. The first-order chi connectivity index (χ1) is 9.81. The molecule has 1 aliphatic heterocycles. The number of carbonyl (C=O) groups is 1. The summed E-state index contributed by atoms with van der Waals surface area (Å²) < 4.78 is 12.2. The second kappa shape index (κ2) is 6.23. The molecule has 0 saturated carbocycles. The Hall–Kier alpha value is -1.27. The van der Waals surface area contributed by atoms with Gasteiger partial charge < -0.3 is 20.9 Å². The summed E-state index contributed by atoms with van der Waals surface area (Å²) in [6.07, 6.45) is 1.31. The van der Waals surface area contributed by atoms with Crippen molar-refractivity contribution in [2.24, 2.45) is 16.9 Å². The van der Waals surface area contributed by atoms with E-state index in [2.05, 4.69) is 15.9 Å². The molecule has 6 heteroatoms. The summed E-state index contributed by atoms with van der Waals surface area (Å²) in [5.41, 5.74) is 11.9. The van der Waals surface area contributed by atoms with Gasteiger partial charge in [0.15, 0.2) is 11.5 Å². The molecule has 116 valence electrons. The molecule has 1 amide bonds. The zero-order chi connectivity index (χ0) is 15.6. The number of carbonyl (C=O) groups excluding carboxylic acids is 1. The molecule has 0 spiro atoms. The number of amides is 1. The van der Waals surface area contributed by atoms with Crippen molar-refractivity contribution < 1.29 is 14.3 Å². The molecule has 0 fully saturated rings. The van der Waals surface area contributed by atoms with Crippen molar-refractivity contribution >= 4 is 21.8 Å². The van der Waals surface area contributed by atoms with E-state index >= 15 is 0 Å². The molecular weight excluding hydrogens is 336 g/mol. The maximum Gasteiger partial charge on any atom is 0.223 e. The summed E-state index contributed by atoms with van der Waals surface area (Å²) >= 11 is 3.51. The molecule has 1 atom stereocenters. The third-order valence-corrected chi connectivity index (χ3v) is 4.35. The number of hydrogen-bond acceptors (Lipinski definition) is 4. The number of rotatable bonds is 4. The molecule has 2 rings (SSSR count). The van der Waals surface area contributed by atoms with Crippen LogP contribution in [-0.2, 0) is 4.79 Å². The van der Waals surface area contributed by atoms with Crippen molar-refractivity contribution in [3.05, 3.63) is 22.2 Å². The topological polar surface area (TPSA) is 87.6 Å². The van der Waals surface area contributed by atoms with Gasteiger partial charge in [0.05, 0.1) is 13.2 Å². The van der Waals surface area contributed by atoms with Gasteiger partial charge in [0.25, 0.3) is 0 Å². The fourth-order valence-electron chi connectivity index (χ4n) is 2.24. The van der Waals surface area contributed by atoms with Gasteiger partial charge >= 0.3 is 0 Å². The number of primary amides is 1. The molecule has 0 saturated heterocycles. The van der Waals surface area contributed by atoms with Crippen molar-refractivity contribution in [2.45, 2.75) is 32.7 Å². The van der Waals surface area contributed by atoms with Crippen LogP contribution in [0, 0.1) is 5.41 Å². The lowest BCUT2D eigenvalue weighted by Crippen LogP contribution is -2.34. The number of hydrogen-bond donors (Lipinski definition) is 2. The van der Waals surface area contributed by atoms with Gasteiger partial charge in [0.2, 0.25) is 5.91 Å². The first-order valence-electron chi connectivity index (χ1n) is 6.96.